The van der Waals surface area contributed by atoms with Crippen LogP contribution in [0.15, 0.2) is 0 Å². The molecule has 0 bridgehead atoms. The highest BCUT2D eigenvalue weighted by molar-refractivity contribution is 5.80. The van der Waals surface area contributed by atoms with Crippen molar-refractivity contribution in [2.24, 2.45) is 0 Å². The summed E-state index contributed by atoms with van der Waals surface area (Å²) < 4.78 is 11.2. The van der Waals surface area contributed by atoms with Gasteiger partial charge in [0.05, 0.1) is 25.4 Å². The van der Waals surface area contributed by atoms with Gasteiger partial charge in [-0.05, 0) is 12.8 Å². The molecule has 1 fully saturated rings. The molecule has 11 nitrogen and oxygen atoms in total. The van der Waals surface area contributed by atoms with Gasteiger partial charge in [0, 0.05) is 0 Å². The molecule has 9 unspecified atom stereocenters. The molecule has 0 saturated carbocycles. The first-order chi connectivity index (χ1) is 41.7. The third kappa shape index (κ3) is 50.4. The van der Waals surface area contributed by atoms with E-state index < -0.39 is 74.2 Å². The molecule has 0 aromatic heterocycles. The van der Waals surface area contributed by atoms with E-state index in [1.807, 2.05) is 0 Å². The van der Waals surface area contributed by atoms with Crippen LogP contribution in [0.25, 0.3) is 0 Å². The molecule has 1 saturated heterocycles. The Balaban J connectivity index is 2.15. The van der Waals surface area contributed by atoms with Gasteiger partial charge in [-0.2, -0.15) is 0 Å². The van der Waals surface area contributed by atoms with E-state index in [0.717, 1.165) is 38.5 Å². The number of amides is 1. The summed E-state index contributed by atoms with van der Waals surface area (Å²) in [6.45, 7) is 3.54. The number of aliphatic hydroxyl groups is 7. The number of nitrogens with one attached hydrogen (secondary N) is 1. The molecule has 0 aromatic carbocycles. The van der Waals surface area contributed by atoms with Gasteiger partial charge < -0.3 is 50.5 Å². The highest BCUT2D eigenvalue weighted by Crippen LogP contribution is 2.24. The van der Waals surface area contributed by atoms with E-state index in [9.17, 15) is 40.5 Å². The lowest BCUT2D eigenvalue weighted by atomic mass is 9.98. The van der Waals surface area contributed by atoms with Crippen LogP contribution >= 0.6 is 0 Å². The van der Waals surface area contributed by atoms with Crippen LogP contribution in [0.4, 0.5) is 0 Å². The van der Waals surface area contributed by atoms with E-state index in [2.05, 4.69) is 19.2 Å². The molecule has 0 radical (unpaired) electrons. The van der Waals surface area contributed by atoms with Gasteiger partial charge in [-0.15, -0.1) is 0 Å². The average molecular weight is 1210 g/mol. The Bertz CT molecular complexity index is 1340. The topological polar surface area (TPSA) is 189 Å². The minimum Gasteiger partial charge on any atom is -0.394 e. The van der Waals surface area contributed by atoms with Gasteiger partial charge >= 0.3 is 0 Å². The fraction of sp³-hybridized carbons (Fsp3) is 0.986. The number of carbonyl (C=O) groups excluding carboxylic acids is 1. The van der Waals surface area contributed by atoms with Crippen LogP contribution in [-0.2, 0) is 14.3 Å². The van der Waals surface area contributed by atoms with Crippen LogP contribution in [0.2, 0.25) is 0 Å². The summed E-state index contributed by atoms with van der Waals surface area (Å²) in [6.07, 6.45) is 66.3. The number of carbonyl (C=O) groups is 1. The number of aliphatic hydroxyl groups excluding tert-OH is 7. The Kier molecular flexibility index (Phi) is 61.1. The van der Waals surface area contributed by atoms with E-state index in [-0.39, 0.29) is 6.42 Å². The Labute approximate surface area is 526 Å². The quantitative estimate of drug-likeness (QED) is 0.0272. The zero-order valence-electron chi connectivity index (χ0n) is 56.4. The number of hydrogen-bond acceptors (Lipinski definition) is 10. The first kappa shape index (κ1) is 82.1. The molecule has 1 rings (SSSR count). The smallest absolute Gasteiger partial charge is 0.249 e. The summed E-state index contributed by atoms with van der Waals surface area (Å²) in [7, 11) is 0. The Morgan fingerprint density at radius 3 is 0.871 bits per heavy atom. The maximum Gasteiger partial charge on any atom is 0.249 e. The molecule has 0 aliphatic carbocycles. The lowest BCUT2D eigenvalue weighted by Gasteiger charge is -2.40. The van der Waals surface area contributed by atoms with Crippen LogP contribution in [0.1, 0.15) is 399 Å². The molecule has 1 heterocycles. The number of unbranched alkanes of at least 4 members (excludes halogenated alkanes) is 56. The monoisotopic (exact) mass is 1210 g/mol. The van der Waals surface area contributed by atoms with Crippen molar-refractivity contribution in [3.05, 3.63) is 0 Å². The van der Waals surface area contributed by atoms with Crippen molar-refractivity contribution in [3.8, 4) is 0 Å². The van der Waals surface area contributed by atoms with Crippen LogP contribution in [0, 0.1) is 0 Å². The SMILES string of the molecule is CCCCCCCCCCCCCCCCCCCCCCCCCCCCCCCC(O)C(=O)NC(COC1OC(CO)C(O)C(O)C1O)C(O)C(O)CCCCCCCCCCCCCCCCCCCCCCCCCCCCCCC. The molecular formula is C74H147NO10. The zero-order valence-corrected chi connectivity index (χ0v) is 56.4. The highest BCUT2D eigenvalue weighted by Gasteiger charge is 2.44. The van der Waals surface area contributed by atoms with Crippen LogP contribution in [-0.4, -0.2) is 110 Å². The van der Waals surface area contributed by atoms with Crippen LogP contribution < -0.4 is 5.32 Å². The predicted molar refractivity (Wildman–Crippen MR) is 358 cm³/mol. The molecule has 1 aliphatic heterocycles. The van der Waals surface area contributed by atoms with Crippen molar-refractivity contribution in [2.45, 2.75) is 454 Å². The highest BCUT2D eigenvalue weighted by atomic mass is 16.7. The molecule has 8 N–H and O–H groups in total. The number of rotatable bonds is 68. The fourth-order valence-electron chi connectivity index (χ4n) is 12.9. The second-order valence-electron chi connectivity index (χ2n) is 27.1. The van der Waals surface area contributed by atoms with Crippen molar-refractivity contribution in [3.63, 3.8) is 0 Å². The Hall–Kier alpha value is -0.890. The third-order valence-electron chi connectivity index (χ3n) is 18.9. The molecule has 9 atom stereocenters. The lowest BCUT2D eigenvalue weighted by molar-refractivity contribution is -0.303. The Morgan fingerprint density at radius 2 is 0.612 bits per heavy atom. The number of ether oxygens (including phenoxy) is 2. The van der Waals surface area contributed by atoms with E-state index >= 15 is 0 Å². The summed E-state index contributed by atoms with van der Waals surface area (Å²) in [5.74, 6) is -0.686. The van der Waals surface area contributed by atoms with Gasteiger partial charge in [-0.3, -0.25) is 4.79 Å². The summed E-state index contributed by atoms with van der Waals surface area (Å²) in [5.41, 5.74) is 0. The van der Waals surface area contributed by atoms with E-state index in [1.54, 1.807) is 0 Å². The third-order valence-corrected chi connectivity index (χ3v) is 18.9. The normalized spacial score (nSPS) is 18.7. The second-order valence-corrected chi connectivity index (χ2v) is 27.1. The van der Waals surface area contributed by atoms with Crippen molar-refractivity contribution < 1.29 is 50.0 Å². The molecule has 508 valence electrons. The minimum absolute atomic E-state index is 0.268. The van der Waals surface area contributed by atoms with Gasteiger partial charge in [0.15, 0.2) is 6.29 Å². The maximum atomic E-state index is 13.3. The number of hydrogen-bond donors (Lipinski definition) is 8. The van der Waals surface area contributed by atoms with Gasteiger partial charge in [-0.25, -0.2) is 0 Å². The zero-order chi connectivity index (χ0) is 61.7. The molecule has 0 aromatic rings. The van der Waals surface area contributed by atoms with Gasteiger partial charge in [0.25, 0.3) is 0 Å². The van der Waals surface area contributed by atoms with Gasteiger partial charge in [0.2, 0.25) is 5.91 Å². The van der Waals surface area contributed by atoms with Crippen LogP contribution in [0.3, 0.4) is 0 Å². The molecule has 1 amide bonds. The van der Waals surface area contributed by atoms with E-state index in [4.69, 9.17) is 9.47 Å². The summed E-state index contributed by atoms with van der Waals surface area (Å²) in [5, 5.41) is 76.7. The second kappa shape index (κ2) is 63.3. The standard InChI is InChI=1S/C74H147NO10/c1-3-5-7-9-11-13-15-17-19-21-23-25-27-29-31-33-35-37-39-41-43-45-47-49-51-53-55-57-59-61-66(77)69(79)65(64-84-74-72(82)71(81)70(80)68(63-76)85-74)75-73(83)67(78)62-60-58-56-54-52-50-48-46-44-42-40-38-36-34-32-30-28-26-24-22-20-18-16-14-12-10-8-6-4-2/h65-72,74,76-82H,3-64H2,1-2H3,(H,75,83). The Morgan fingerprint density at radius 1 is 0.365 bits per heavy atom. The first-order valence-electron chi connectivity index (χ1n) is 37.9. The van der Waals surface area contributed by atoms with Crippen molar-refractivity contribution in [1.82, 2.24) is 5.32 Å². The average Bonchev–Trinajstić information content (AvgIpc) is 3.67. The summed E-state index contributed by atoms with van der Waals surface area (Å²) in [6, 6.07) is -1.17. The fourth-order valence-corrected chi connectivity index (χ4v) is 12.9. The summed E-state index contributed by atoms with van der Waals surface area (Å²) >= 11 is 0. The largest absolute Gasteiger partial charge is 0.394 e. The van der Waals surface area contributed by atoms with E-state index in [0.29, 0.717) is 19.3 Å². The summed E-state index contributed by atoms with van der Waals surface area (Å²) in [4.78, 5) is 13.3. The van der Waals surface area contributed by atoms with Crippen molar-refractivity contribution in [2.75, 3.05) is 13.2 Å². The maximum absolute atomic E-state index is 13.3. The molecule has 0 spiro atoms. The van der Waals surface area contributed by atoms with Crippen molar-refractivity contribution >= 4 is 5.91 Å². The van der Waals surface area contributed by atoms with Crippen LogP contribution in [0.5, 0.6) is 0 Å². The van der Waals surface area contributed by atoms with Crippen molar-refractivity contribution in [1.29, 1.82) is 0 Å². The molecule has 85 heavy (non-hydrogen) atoms. The van der Waals surface area contributed by atoms with E-state index in [1.165, 1.54) is 321 Å². The molecule has 1 aliphatic rings. The van der Waals surface area contributed by atoms with Gasteiger partial charge in [-0.1, -0.05) is 386 Å². The first-order valence-corrected chi connectivity index (χ1v) is 37.9. The van der Waals surface area contributed by atoms with Gasteiger partial charge in [0.1, 0.15) is 36.6 Å². The minimum atomic E-state index is -1.66. The lowest BCUT2D eigenvalue weighted by Crippen LogP contribution is -2.60. The molecular weight excluding hydrogens is 1060 g/mol. The molecule has 11 heteroatoms. The predicted octanol–water partition coefficient (Wildman–Crippen LogP) is 18.8.